The molecule has 0 spiro atoms. The normalized spacial score (nSPS) is 24.0. The van der Waals surface area contributed by atoms with Crippen LogP contribution in [0.4, 0.5) is 4.79 Å². The molecule has 0 saturated carbocycles. The van der Waals surface area contributed by atoms with Gasteiger partial charge in [0.1, 0.15) is 11.4 Å². The Hall–Kier alpha value is -1.50. The number of rotatable bonds is 4. The van der Waals surface area contributed by atoms with Crippen molar-refractivity contribution in [2.24, 2.45) is 16.3 Å². The van der Waals surface area contributed by atoms with E-state index < -0.39 is 11.0 Å². The lowest BCUT2D eigenvalue weighted by Gasteiger charge is -2.42. The van der Waals surface area contributed by atoms with Crippen LogP contribution in [0.15, 0.2) is 5.16 Å². The molecule has 1 unspecified atom stereocenters. The Morgan fingerprint density at radius 3 is 2.67 bits per heavy atom. The number of likely N-dealkylation sites (tertiary alicyclic amines) is 1. The number of methoxy groups -OCH3 is 1. The number of amides is 1. The lowest BCUT2D eigenvalue weighted by Crippen LogP contribution is -2.53. The average Bonchev–Trinajstić information content (AvgIpc) is 2.42. The van der Waals surface area contributed by atoms with Crippen molar-refractivity contribution in [1.82, 2.24) is 4.90 Å². The minimum atomic E-state index is -0.556. The molecule has 21 heavy (non-hydrogen) atoms. The van der Waals surface area contributed by atoms with Crippen LogP contribution in [0, 0.1) is 5.41 Å². The minimum Gasteiger partial charge on any atom is -0.444 e. The van der Waals surface area contributed by atoms with E-state index in [4.69, 9.17) is 20.4 Å². The number of hydrogen-bond acceptors (Lipinski definition) is 5. The molecule has 1 saturated heterocycles. The molecule has 0 aromatic carbocycles. The van der Waals surface area contributed by atoms with Gasteiger partial charge in [-0.1, -0.05) is 5.16 Å². The number of nitrogens with zero attached hydrogens (tertiary/aromatic N) is 2. The molecule has 0 aliphatic carbocycles. The van der Waals surface area contributed by atoms with Crippen molar-refractivity contribution < 1.29 is 19.5 Å². The molecule has 7 nitrogen and oxygen atoms in total. The van der Waals surface area contributed by atoms with Gasteiger partial charge in [0.25, 0.3) is 0 Å². The Morgan fingerprint density at radius 1 is 1.48 bits per heavy atom. The molecule has 1 rings (SSSR count). The van der Waals surface area contributed by atoms with Gasteiger partial charge in [-0.05, 0) is 40.0 Å². The van der Waals surface area contributed by atoms with Crippen LogP contribution in [-0.4, -0.2) is 54.4 Å². The Bertz CT molecular complexity index is 392. The van der Waals surface area contributed by atoms with Gasteiger partial charge in [0.2, 0.25) is 0 Å². The first kappa shape index (κ1) is 17.6. The van der Waals surface area contributed by atoms with Crippen LogP contribution in [0.25, 0.3) is 0 Å². The average molecular weight is 301 g/mol. The molecule has 0 aromatic rings. The van der Waals surface area contributed by atoms with Crippen molar-refractivity contribution in [3.05, 3.63) is 0 Å². The topological polar surface area (TPSA) is 97.4 Å². The first-order valence-electron chi connectivity index (χ1n) is 7.19. The molecule has 1 aliphatic rings. The minimum absolute atomic E-state index is 0.146. The summed E-state index contributed by atoms with van der Waals surface area (Å²) in [6.45, 7) is 6.96. The predicted octanol–water partition coefficient (Wildman–Crippen LogP) is 1.79. The highest BCUT2D eigenvalue weighted by Crippen LogP contribution is 2.34. The summed E-state index contributed by atoms with van der Waals surface area (Å²) in [6, 6.07) is 0. The second kappa shape index (κ2) is 6.98. The number of piperidine rings is 1. The Morgan fingerprint density at radius 2 is 2.14 bits per heavy atom. The third kappa shape index (κ3) is 4.77. The number of nitrogens with two attached hydrogens (primary N) is 1. The molecule has 1 amide bonds. The van der Waals surface area contributed by atoms with Gasteiger partial charge in [-0.2, -0.15) is 0 Å². The Balaban J connectivity index is 2.85. The van der Waals surface area contributed by atoms with Gasteiger partial charge in [-0.15, -0.1) is 0 Å². The van der Waals surface area contributed by atoms with Gasteiger partial charge in [-0.3, -0.25) is 0 Å². The third-order valence-electron chi connectivity index (χ3n) is 3.66. The summed E-state index contributed by atoms with van der Waals surface area (Å²) in [5.41, 5.74) is 4.78. The highest BCUT2D eigenvalue weighted by Gasteiger charge is 2.41. The van der Waals surface area contributed by atoms with Gasteiger partial charge in [0.15, 0.2) is 0 Å². The van der Waals surface area contributed by atoms with Gasteiger partial charge in [-0.25, -0.2) is 4.79 Å². The maximum absolute atomic E-state index is 12.2. The summed E-state index contributed by atoms with van der Waals surface area (Å²) in [5.74, 6) is 0.146. The largest absolute Gasteiger partial charge is 0.444 e. The lowest BCUT2D eigenvalue weighted by molar-refractivity contribution is 0.00866. The van der Waals surface area contributed by atoms with E-state index in [0.717, 1.165) is 12.8 Å². The van der Waals surface area contributed by atoms with Crippen molar-refractivity contribution in [2.45, 2.75) is 45.6 Å². The van der Waals surface area contributed by atoms with Crippen molar-refractivity contribution in [3.63, 3.8) is 0 Å². The van der Waals surface area contributed by atoms with Crippen LogP contribution in [0.5, 0.6) is 0 Å². The number of oxime groups is 1. The first-order chi connectivity index (χ1) is 9.74. The van der Waals surface area contributed by atoms with Gasteiger partial charge in [0, 0.05) is 26.8 Å². The smallest absolute Gasteiger partial charge is 0.410 e. The van der Waals surface area contributed by atoms with E-state index in [2.05, 4.69) is 5.16 Å². The van der Waals surface area contributed by atoms with Crippen LogP contribution >= 0.6 is 0 Å². The van der Waals surface area contributed by atoms with E-state index in [1.807, 2.05) is 20.8 Å². The van der Waals surface area contributed by atoms with Gasteiger partial charge >= 0.3 is 6.09 Å². The third-order valence-corrected chi connectivity index (χ3v) is 3.66. The summed E-state index contributed by atoms with van der Waals surface area (Å²) in [5, 5.41) is 12.2. The number of amidine groups is 1. The van der Waals surface area contributed by atoms with Gasteiger partial charge in [0.05, 0.1) is 5.41 Å². The number of hydrogen-bond donors (Lipinski definition) is 2. The van der Waals surface area contributed by atoms with E-state index >= 15 is 0 Å². The van der Waals surface area contributed by atoms with E-state index in [0.29, 0.717) is 26.1 Å². The molecule has 1 fully saturated rings. The predicted molar refractivity (Wildman–Crippen MR) is 79.4 cm³/mol. The highest BCUT2D eigenvalue weighted by molar-refractivity contribution is 5.87. The second-order valence-corrected chi connectivity index (χ2v) is 6.51. The molecule has 1 heterocycles. The Labute approximate surface area is 126 Å². The SMILES string of the molecule is COCCC1(/C(N)=N/O)CCCN(C(=O)OC(C)(C)C)C1. The zero-order valence-electron chi connectivity index (χ0n) is 13.4. The molecule has 0 aromatic heterocycles. The fourth-order valence-electron chi connectivity index (χ4n) is 2.56. The van der Waals surface area contributed by atoms with Crippen LogP contribution in [0.3, 0.4) is 0 Å². The van der Waals surface area contributed by atoms with Crippen LogP contribution < -0.4 is 5.73 Å². The second-order valence-electron chi connectivity index (χ2n) is 6.51. The zero-order chi connectivity index (χ0) is 16.1. The van der Waals surface area contributed by atoms with Crippen LogP contribution in [0.1, 0.15) is 40.0 Å². The zero-order valence-corrected chi connectivity index (χ0v) is 13.4. The lowest BCUT2D eigenvalue weighted by atomic mass is 9.76. The molecule has 3 N–H and O–H groups in total. The summed E-state index contributed by atoms with van der Waals surface area (Å²) in [7, 11) is 1.61. The van der Waals surface area contributed by atoms with Crippen molar-refractivity contribution in [2.75, 3.05) is 26.8 Å². The van der Waals surface area contributed by atoms with E-state index in [-0.39, 0.29) is 11.9 Å². The fourth-order valence-corrected chi connectivity index (χ4v) is 2.56. The molecule has 7 heteroatoms. The van der Waals surface area contributed by atoms with Crippen molar-refractivity contribution >= 4 is 11.9 Å². The van der Waals surface area contributed by atoms with Crippen molar-refractivity contribution in [1.29, 1.82) is 0 Å². The molecule has 0 bridgehead atoms. The Kier molecular flexibility index (Phi) is 5.83. The summed E-state index contributed by atoms with van der Waals surface area (Å²) in [4.78, 5) is 13.8. The van der Waals surface area contributed by atoms with Crippen LogP contribution in [-0.2, 0) is 9.47 Å². The molecule has 1 aliphatic heterocycles. The molecule has 122 valence electrons. The number of carbonyl (C=O) groups is 1. The maximum Gasteiger partial charge on any atom is 0.410 e. The summed E-state index contributed by atoms with van der Waals surface area (Å²) >= 11 is 0. The quantitative estimate of drug-likeness (QED) is 0.357. The highest BCUT2D eigenvalue weighted by atomic mass is 16.6. The van der Waals surface area contributed by atoms with E-state index in [9.17, 15) is 4.79 Å². The molecular formula is C14H27N3O4. The fraction of sp³-hybridized carbons (Fsp3) is 0.857. The maximum atomic E-state index is 12.2. The molecule has 0 radical (unpaired) electrons. The van der Waals surface area contributed by atoms with E-state index in [1.165, 1.54) is 0 Å². The summed E-state index contributed by atoms with van der Waals surface area (Å²) < 4.78 is 10.5. The van der Waals surface area contributed by atoms with Crippen LogP contribution in [0.2, 0.25) is 0 Å². The van der Waals surface area contributed by atoms with Gasteiger partial charge < -0.3 is 25.3 Å². The molecule has 1 atom stereocenters. The monoisotopic (exact) mass is 301 g/mol. The molecular weight excluding hydrogens is 274 g/mol. The number of carbonyl (C=O) groups excluding carboxylic acids is 1. The summed E-state index contributed by atoms with van der Waals surface area (Å²) in [6.07, 6.45) is 1.76. The van der Waals surface area contributed by atoms with Crippen molar-refractivity contribution in [3.8, 4) is 0 Å². The number of ether oxygens (including phenoxy) is 2. The standard InChI is InChI=1S/C14H27N3O4/c1-13(2,3)21-12(18)17-8-5-6-14(10-17,7-9-20-4)11(15)16-19/h19H,5-10H2,1-4H3,(H2,15,16). The first-order valence-corrected chi connectivity index (χ1v) is 7.19. The van der Waals surface area contributed by atoms with E-state index in [1.54, 1.807) is 12.0 Å².